The van der Waals surface area contributed by atoms with Crippen molar-refractivity contribution in [2.24, 2.45) is 0 Å². The number of ether oxygens (including phenoxy) is 2. The molecule has 0 bridgehead atoms. The van der Waals surface area contributed by atoms with E-state index < -0.39 is 10.0 Å². The summed E-state index contributed by atoms with van der Waals surface area (Å²) in [4.78, 5) is 8.18. The van der Waals surface area contributed by atoms with Crippen molar-refractivity contribution in [3.63, 3.8) is 0 Å². The molecule has 26 heavy (non-hydrogen) atoms. The molecule has 0 N–H and O–H groups in total. The molecule has 0 spiro atoms. The lowest BCUT2D eigenvalue weighted by atomic mass is 10.1. The average molecular weight is 398 g/mol. The van der Waals surface area contributed by atoms with Crippen LogP contribution in [0.2, 0.25) is 5.02 Å². The second kappa shape index (κ2) is 7.77. The molecule has 7 nitrogen and oxygen atoms in total. The van der Waals surface area contributed by atoms with Gasteiger partial charge in [0, 0.05) is 6.54 Å². The van der Waals surface area contributed by atoms with Crippen molar-refractivity contribution in [3.05, 3.63) is 41.2 Å². The number of methoxy groups -OCH3 is 1. The maximum absolute atomic E-state index is 13.1. The standard InChI is InChI=1S/C17H20ClN3O4S/c1-12-5-6-15(24-2)16(8-12)26(22,23)21-7-3-4-14(11-21)25-17-19-9-13(18)10-20-17/h5-6,8-10,14H,3-4,7,11H2,1-2H3. The Hall–Kier alpha value is -1.90. The van der Waals surface area contributed by atoms with Crippen molar-refractivity contribution in [2.45, 2.75) is 30.8 Å². The topological polar surface area (TPSA) is 81.6 Å². The van der Waals surface area contributed by atoms with Gasteiger partial charge in [-0.1, -0.05) is 17.7 Å². The zero-order valence-corrected chi connectivity index (χ0v) is 16.1. The number of aryl methyl sites for hydroxylation is 1. The summed E-state index contributed by atoms with van der Waals surface area (Å²) in [5, 5.41) is 0.414. The van der Waals surface area contributed by atoms with E-state index in [0.717, 1.165) is 12.0 Å². The van der Waals surface area contributed by atoms with Gasteiger partial charge in [-0.15, -0.1) is 0 Å². The Bertz CT molecular complexity index is 874. The highest BCUT2D eigenvalue weighted by atomic mass is 35.5. The van der Waals surface area contributed by atoms with Crippen LogP contribution >= 0.6 is 11.6 Å². The molecule has 140 valence electrons. The molecule has 2 aromatic rings. The van der Waals surface area contributed by atoms with Gasteiger partial charge in [-0.25, -0.2) is 18.4 Å². The molecule has 9 heteroatoms. The van der Waals surface area contributed by atoms with E-state index in [-0.39, 0.29) is 23.6 Å². The fourth-order valence-electron chi connectivity index (χ4n) is 2.85. The number of piperidine rings is 1. The summed E-state index contributed by atoms with van der Waals surface area (Å²) in [6.45, 7) is 2.50. The quantitative estimate of drug-likeness (QED) is 0.771. The lowest BCUT2D eigenvalue weighted by molar-refractivity contribution is 0.119. The van der Waals surface area contributed by atoms with Crippen LogP contribution in [0.15, 0.2) is 35.5 Å². The van der Waals surface area contributed by atoms with Gasteiger partial charge in [-0.3, -0.25) is 0 Å². The van der Waals surface area contributed by atoms with Gasteiger partial charge in [0.2, 0.25) is 10.0 Å². The number of hydrogen-bond donors (Lipinski definition) is 0. The number of sulfonamides is 1. The highest BCUT2D eigenvalue weighted by Gasteiger charge is 2.33. The van der Waals surface area contributed by atoms with E-state index in [2.05, 4.69) is 9.97 Å². The van der Waals surface area contributed by atoms with Crippen molar-refractivity contribution < 1.29 is 17.9 Å². The Kier molecular flexibility index (Phi) is 5.64. The average Bonchev–Trinajstić information content (AvgIpc) is 2.64. The third-order valence-corrected chi connectivity index (χ3v) is 6.23. The second-order valence-electron chi connectivity index (χ2n) is 6.08. The van der Waals surface area contributed by atoms with Gasteiger partial charge in [0.1, 0.15) is 16.7 Å². The Morgan fingerprint density at radius 2 is 2.00 bits per heavy atom. The fourth-order valence-corrected chi connectivity index (χ4v) is 4.70. The molecule has 1 aliphatic rings. The zero-order chi connectivity index (χ0) is 18.7. The van der Waals surface area contributed by atoms with Crippen LogP contribution in [-0.4, -0.2) is 49.0 Å². The van der Waals surface area contributed by atoms with E-state index in [1.165, 1.54) is 23.8 Å². The van der Waals surface area contributed by atoms with E-state index in [1.807, 2.05) is 13.0 Å². The fraction of sp³-hybridized carbons (Fsp3) is 0.412. The van der Waals surface area contributed by atoms with Crippen LogP contribution in [0.25, 0.3) is 0 Å². The zero-order valence-electron chi connectivity index (χ0n) is 14.6. The van der Waals surface area contributed by atoms with E-state index >= 15 is 0 Å². The highest BCUT2D eigenvalue weighted by Crippen LogP contribution is 2.30. The molecule has 1 unspecified atom stereocenters. The van der Waals surface area contributed by atoms with Crippen LogP contribution in [0.5, 0.6) is 11.8 Å². The first kappa shape index (κ1) is 18.9. The first-order valence-corrected chi connectivity index (χ1v) is 10.0. The monoisotopic (exact) mass is 397 g/mol. The SMILES string of the molecule is COc1ccc(C)cc1S(=O)(=O)N1CCCC(Oc2ncc(Cl)cn2)C1. The number of rotatable bonds is 5. The lowest BCUT2D eigenvalue weighted by Gasteiger charge is -2.31. The van der Waals surface area contributed by atoms with Gasteiger partial charge in [-0.05, 0) is 37.5 Å². The van der Waals surface area contributed by atoms with Crippen molar-refractivity contribution in [1.82, 2.24) is 14.3 Å². The van der Waals surface area contributed by atoms with E-state index in [4.69, 9.17) is 21.1 Å². The molecular formula is C17H20ClN3O4S. The Balaban J connectivity index is 1.80. The van der Waals surface area contributed by atoms with Gasteiger partial charge in [-0.2, -0.15) is 4.31 Å². The maximum Gasteiger partial charge on any atom is 0.316 e. The minimum Gasteiger partial charge on any atom is -0.495 e. The molecule has 2 heterocycles. The van der Waals surface area contributed by atoms with Gasteiger partial charge in [0.05, 0.1) is 31.1 Å². The van der Waals surface area contributed by atoms with Gasteiger partial charge in [0.25, 0.3) is 0 Å². The van der Waals surface area contributed by atoms with Crippen molar-refractivity contribution in [2.75, 3.05) is 20.2 Å². The first-order valence-electron chi connectivity index (χ1n) is 8.19. The summed E-state index contributed by atoms with van der Waals surface area (Å²) >= 11 is 5.77. The van der Waals surface area contributed by atoms with Crippen molar-refractivity contribution in [3.8, 4) is 11.8 Å². The minimum atomic E-state index is -3.69. The summed E-state index contributed by atoms with van der Waals surface area (Å²) in [7, 11) is -2.23. The molecule has 0 aliphatic carbocycles. The van der Waals surface area contributed by atoms with Gasteiger partial charge in [0.15, 0.2) is 0 Å². The molecule has 0 saturated carbocycles. The third kappa shape index (κ3) is 4.08. The van der Waals surface area contributed by atoms with Crippen LogP contribution in [0.4, 0.5) is 0 Å². The normalized spacial score (nSPS) is 18.5. The Morgan fingerprint density at radius 3 is 2.69 bits per heavy atom. The minimum absolute atomic E-state index is 0.170. The first-order chi connectivity index (χ1) is 12.4. The third-order valence-electron chi connectivity index (χ3n) is 4.15. The van der Waals surface area contributed by atoms with Gasteiger partial charge >= 0.3 is 6.01 Å². The number of aromatic nitrogens is 2. The number of halogens is 1. The Labute approximate surface area is 158 Å². The molecule has 1 aromatic carbocycles. The predicted molar refractivity (Wildman–Crippen MR) is 97.2 cm³/mol. The summed E-state index contributed by atoms with van der Waals surface area (Å²) in [5.41, 5.74) is 0.851. The number of nitrogens with zero attached hydrogens (tertiary/aromatic N) is 3. The largest absolute Gasteiger partial charge is 0.495 e. The molecule has 0 radical (unpaired) electrons. The van der Waals surface area contributed by atoms with E-state index in [9.17, 15) is 8.42 Å². The predicted octanol–water partition coefficient (Wildman–Crippen LogP) is 2.68. The molecule has 1 saturated heterocycles. The summed E-state index contributed by atoms with van der Waals surface area (Å²) < 4.78 is 38.6. The lowest BCUT2D eigenvalue weighted by Crippen LogP contribution is -2.44. The highest BCUT2D eigenvalue weighted by molar-refractivity contribution is 7.89. The molecule has 1 aromatic heterocycles. The molecule has 1 atom stereocenters. The van der Waals surface area contributed by atoms with E-state index in [1.54, 1.807) is 12.1 Å². The van der Waals surface area contributed by atoms with Crippen LogP contribution in [0.1, 0.15) is 18.4 Å². The molecular weight excluding hydrogens is 378 g/mol. The van der Waals surface area contributed by atoms with E-state index in [0.29, 0.717) is 23.7 Å². The summed E-state index contributed by atoms with van der Waals surface area (Å²) in [6, 6.07) is 5.30. The maximum atomic E-state index is 13.1. The molecule has 0 amide bonds. The number of hydrogen-bond acceptors (Lipinski definition) is 6. The molecule has 3 rings (SSSR count). The van der Waals surface area contributed by atoms with Gasteiger partial charge < -0.3 is 9.47 Å². The smallest absolute Gasteiger partial charge is 0.316 e. The van der Waals surface area contributed by atoms with Crippen LogP contribution in [0.3, 0.4) is 0 Å². The summed E-state index contributed by atoms with van der Waals surface area (Å²) in [5.74, 6) is 0.333. The second-order valence-corrected chi connectivity index (χ2v) is 8.43. The molecule has 1 aliphatic heterocycles. The van der Waals surface area contributed by atoms with Crippen LogP contribution in [0, 0.1) is 6.92 Å². The molecule has 1 fully saturated rings. The van der Waals surface area contributed by atoms with Crippen LogP contribution < -0.4 is 9.47 Å². The van der Waals surface area contributed by atoms with Crippen molar-refractivity contribution >= 4 is 21.6 Å². The van der Waals surface area contributed by atoms with Crippen molar-refractivity contribution in [1.29, 1.82) is 0 Å². The summed E-state index contributed by atoms with van der Waals surface area (Å²) in [6.07, 6.45) is 3.97. The number of benzene rings is 1. The Morgan fingerprint density at radius 1 is 1.27 bits per heavy atom. The van der Waals surface area contributed by atoms with Crippen LogP contribution in [-0.2, 0) is 10.0 Å².